The summed E-state index contributed by atoms with van der Waals surface area (Å²) in [6.07, 6.45) is 3.32. The molecule has 1 amide bonds. The van der Waals surface area contributed by atoms with Gasteiger partial charge in [0.25, 0.3) is 5.91 Å². The van der Waals surface area contributed by atoms with Gasteiger partial charge in [-0.1, -0.05) is 27.8 Å². The van der Waals surface area contributed by atoms with E-state index in [1.165, 1.54) is 0 Å². The number of nitrogens with zero attached hydrogens (tertiary/aromatic N) is 1. The van der Waals surface area contributed by atoms with Crippen molar-refractivity contribution in [2.24, 2.45) is 4.36 Å². The van der Waals surface area contributed by atoms with Crippen LogP contribution in [-0.4, -0.2) is 18.4 Å². The quantitative estimate of drug-likeness (QED) is 0.735. The minimum absolute atomic E-state index is 0.296. The Morgan fingerprint density at radius 3 is 2.31 bits per heavy atom. The van der Waals surface area contributed by atoms with Gasteiger partial charge in [0.05, 0.1) is 0 Å². The monoisotopic (exact) mass is 196 g/mol. The van der Waals surface area contributed by atoms with Crippen molar-refractivity contribution in [3.63, 3.8) is 0 Å². The van der Waals surface area contributed by atoms with Crippen molar-refractivity contribution < 1.29 is 4.79 Å². The maximum absolute atomic E-state index is 11.4. The van der Waals surface area contributed by atoms with Gasteiger partial charge in [-0.3, -0.25) is 9.57 Å². The van der Waals surface area contributed by atoms with Gasteiger partial charge in [0.15, 0.2) is 0 Å². The van der Waals surface area contributed by atoms with E-state index in [2.05, 4.69) is 4.36 Å². The lowest BCUT2D eigenvalue weighted by atomic mass is 10.2. The minimum Gasteiger partial charge on any atom is -0.270 e. The highest BCUT2D eigenvalue weighted by Crippen LogP contribution is 2.02. The van der Waals surface area contributed by atoms with E-state index in [1.807, 2.05) is 6.07 Å². The van der Waals surface area contributed by atoms with Crippen LogP contribution in [0, 0.1) is 4.78 Å². The molecule has 0 saturated heterocycles. The molecule has 3 nitrogen and oxygen atoms in total. The third-order valence-corrected chi connectivity index (χ3v) is 1.95. The van der Waals surface area contributed by atoms with Crippen molar-refractivity contribution in [3.05, 3.63) is 35.9 Å². The second-order valence-corrected chi connectivity index (χ2v) is 5.76. The third-order valence-electron chi connectivity index (χ3n) is 1.33. The molecule has 0 saturated carbocycles. The third kappa shape index (κ3) is 3.38. The molecule has 1 aromatic rings. The Morgan fingerprint density at radius 1 is 1.31 bits per heavy atom. The summed E-state index contributed by atoms with van der Waals surface area (Å²) in [5.41, 5.74) is 0.551. The largest absolute Gasteiger partial charge is 0.283 e. The number of benzene rings is 1. The highest BCUT2D eigenvalue weighted by molar-refractivity contribution is 7.93. The maximum atomic E-state index is 11.4. The summed E-state index contributed by atoms with van der Waals surface area (Å²) in [5.74, 6) is -0.296. The second kappa shape index (κ2) is 3.70. The molecule has 4 heteroatoms. The van der Waals surface area contributed by atoms with Crippen LogP contribution in [0.25, 0.3) is 0 Å². The highest BCUT2D eigenvalue weighted by atomic mass is 32.2. The molecule has 0 aliphatic rings. The smallest absolute Gasteiger partial charge is 0.270 e. The number of amides is 1. The molecule has 1 rings (SSSR count). The Balaban J connectivity index is 3.02. The Labute approximate surface area is 78.4 Å². The fourth-order valence-corrected chi connectivity index (χ4v) is 1.36. The predicted molar refractivity (Wildman–Crippen MR) is 55.1 cm³/mol. The molecule has 0 atom stereocenters. The van der Waals surface area contributed by atoms with Gasteiger partial charge in [0, 0.05) is 18.1 Å². The molecule has 13 heavy (non-hydrogen) atoms. The summed E-state index contributed by atoms with van der Waals surface area (Å²) in [6, 6.07) is 8.83. The molecule has 1 aromatic carbocycles. The van der Waals surface area contributed by atoms with Gasteiger partial charge in [-0.15, -0.1) is 0 Å². The lowest BCUT2D eigenvalue weighted by molar-refractivity contribution is 0.101. The average molecular weight is 196 g/mol. The first-order valence-corrected chi connectivity index (χ1v) is 6.20. The lowest BCUT2D eigenvalue weighted by Crippen LogP contribution is -1.99. The minimum atomic E-state index is -1.85. The van der Waals surface area contributed by atoms with Crippen LogP contribution in [0.1, 0.15) is 10.4 Å². The Bertz CT molecular complexity index is 409. The van der Waals surface area contributed by atoms with Gasteiger partial charge in [-0.25, -0.2) is 0 Å². The van der Waals surface area contributed by atoms with E-state index in [1.54, 1.807) is 36.8 Å². The molecule has 0 aliphatic carbocycles. The molecule has 70 valence electrons. The first-order valence-electron chi connectivity index (χ1n) is 3.79. The molecule has 0 bridgehead atoms. The predicted octanol–water partition coefficient (Wildman–Crippen LogP) is 2.19. The SMILES string of the molecule is CS(C)(=N)=NC(=O)c1ccccc1. The van der Waals surface area contributed by atoms with Gasteiger partial charge >= 0.3 is 0 Å². The first kappa shape index (κ1) is 9.92. The van der Waals surface area contributed by atoms with Crippen LogP contribution < -0.4 is 0 Å². The van der Waals surface area contributed by atoms with E-state index in [0.717, 1.165) is 0 Å². The number of carbonyl (C=O) groups is 1. The molecule has 0 heterocycles. The van der Waals surface area contributed by atoms with Crippen molar-refractivity contribution in [2.45, 2.75) is 0 Å². The zero-order valence-corrected chi connectivity index (χ0v) is 8.47. The first-order chi connectivity index (χ1) is 5.99. The normalized spacial score (nSPS) is 10.9. The van der Waals surface area contributed by atoms with Crippen molar-refractivity contribution in [3.8, 4) is 0 Å². The van der Waals surface area contributed by atoms with Gasteiger partial charge < -0.3 is 0 Å². The van der Waals surface area contributed by atoms with Gasteiger partial charge in [0.1, 0.15) is 0 Å². The van der Waals surface area contributed by atoms with Crippen LogP contribution in [0.4, 0.5) is 0 Å². The fourth-order valence-electron chi connectivity index (χ4n) is 0.841. The Hall–Kier alpha value is -1.16. The van der Waals surface area contributed by atoms with Gasteiger partial charge in [-0.2, -0.15) is 4.36 Å². The maximum Gasteiger partial charge on any atom is 0.283 e. The van der Waals surface area contributed by atoms with E-state index in [9.17, 15) is 4.79 Å². The van der Waals surface area contributed by atoms with E-state index in [0.29, 0.717) is 5.56 Å². The second-order valence-electron chi connectivity index (χ2n) is 3.04. The number of hydrogen-bond donors (Lipinski definition) is 1. The summed E-state index contributed by atoms with van der Waals surface area (Å²) in [4.78, 5) is 11.4. The van der Waals surface area contributed by atoms with E-state index < -0.39 is 9.62 Å². The van der Waals surface area contributed by atoms with Crippen molar-refractivity contribution >= 4 is 15.5 Å². The van der Waals surface area contributed by atoms with Crippen LogP contribution in [-0.2, 0) is 9.62 Å². The summed E-state index contributed by atoms with van der Waals surface area (Å²) >= 11 is 0. The van der Waals surface area contributed by atoms with Crippen LogP contribution in [0.3, 0.4) is 0 Å². The molecule has 0 fully saturated rings. The molecular weight excluding hydrogens is 184 g/mol. The van der Waals surface area contributed by atoms with Crippen LogP contribution in [0.2, 0.25) is 0 Å². The zero-order chi connectivity index (χ0) is 9.90. The van der Waals surface area contributed by atoms with Crippen LogP contribution in [0.15, 0.2) is 34.7 Å². The topological polar surface area (TPSA) is 53.3 Å². The Kier molecular flexibility index (Phi) is 2.83. The standard InChI is InChI=1S/C9H12N2OS/c1-13(2,10)11-9(12)8-6-4-3-5-7-8/h3-7,10H,1-2H3. The average Bonchev–Trinajstić information content (AvgIpc) is 2.03. The molecule has 0 aromatic heterocycles. The Morgan fingerprint density at radius 2 is 1.85 bits per heavy atom. The molecule has 0 spiro atoms. The molecule has 0 radical (unpaired) electrons. The van der Waals surface area contributed by atoms with Crippen LogP contribution in [0.5, 0.6) is 0 Å². The summed E-state index contributed by atoms with van der Waals surface area (Å²) in [7, 11) is -1.85. The van der Waals surface area contributed by atoms with Crippen molar-refractivity contribution in [1.29, 1.82) is 4.78 Å². The van der Waals surface area contributed by atoms with E-state index in [4.69, 9.17) is 4.78 Å². The molecule has 1 N–H and O–H groups in total. The van der Waals surface area contributed by atoms with Crippen molar-refractivity contribution in [1.82, 2.24) is 0 Å². The molecule has 0 aliphatic heterocycles. The summed E-state index contributed by atoms with van der Waals surface area (Å²) in [5, 5.41) is 0. The summed E-state index contributed by atoms with van der Waals surface area (Å²) < 4.78 is 11.3. The fraction of sp³-hybridized carbons (Fsp3) is 0.222. The van der Waals surface area contributed by atoms with E-state index in [-0.39, 0.29) is 5.91 Å². The molecule has 0 unspecified atom stereocenters. The molecular formula is C9H12N2OS. The number of nitrogens with one attached hydrogen (secondary N) is 1. The number of hydrogen-bond acceptors (Lipinski definition) is 2. The van der Waals surface area contributed by atoms with Crippen molar-refractivity contribution in [2.75, 3.05) is 12.5 Å². The highest BCUT2D eigenvalue weighted by Gasteiger charge is 2.02. The zero-order valence-electron chi connectivity index (χ0n) is 7.65. The van der Waals surface area contributed by atoms with Gasteiger partial charge in [-0.05, 0) is 12.1 Å². The lowest BCUT2D eigenvalue weighted by Gasteiger charge is -1.97. The summed E-state index contributed by atoms with van der Waals surface area (Å²) in [6.45, 7) is 0. The van der Waals surface area contributed by atoms with Crippen LogP contribution >= 0.6 is 0 Å². The number of carbonyl (C=O) groups excluding carboxylic acids is 1. The van der Waals surface area contributed by atoms with Gasteiger partial charge in [0.2, 0.25) is 0 Å². The van der Waals surface area contributed by atoms with E-state index >= 15 is 0 Å². The number of rotatable bonds is 1.